The summed E-state index contributed by atoms with van der Waals surface area (Å²) in [6, 6.07) is 15.6. The Balaban J connectivity index is 1.81. The molecule has 2 aromatic carbocycles. The zero-order chi connectivity index (χ0) is 16.9. The van der Waals surface area contributed by atoms with Gasteiger partial charge in [-0.05, 0) is 24.6 Å². The minimum absolute atomic E-state index is 0.109. The number of anilines is 2. The molecule has 0 spiro atoms. The van der Waals surface area contributed by atoms with Gasteiger partial charge in [-0.25, -0.2) is 0 Å². The van der Waals surface area contributed by atoms with E-state index in [1.807, 2.05) is 42.5 Å². The second-order valence-electron chi connectivity index (χ2n) is 6.10. The van der Waals surface area contributed by atoms with Gasteiger partial charge in [0.05, 0.1) is 4.92 Å². The summed E-state index contributed by atoms with van der Waals surface area (Å²) in [5.74, 6) is 0. The number of nitrogens with zero attached hydrogens (tertiary/aromatic N) is 2. The maximum Gasteiger partial charge on any atom is 0.292 e. The van der Waals surface area contributed by atoms with Crippen LogP contribution < -0.4 is 15.5 Å². The molecule has 0 bridgehead atoms. The second kappa shape index (κ2) is 7.31. The van der Waals surface area contributed by atoms with Gasteiger partial charge in [0.25, 0.3) is 5.69 Å². The van der Waals surface area contributed by atoms with Crippen molar-refractivity contribution in [2.45, 2.75) is 19.5 Å². The lowest BCUT2D eigenvalue weighted by atomic mass is 10.1. The average Bonchev–Trinajstić information content (AvgIpc) is 2.60. The normalized spacial score (nSPS) is 17.5. The Kier molecular flexibility index (Phi) is 4.96. The van der Waals surface area contributed by atoms with Crippen molar-refractivity contribution in [1.82, 2.24) is 5.32 Å². The lowest BCUT2D eigenvalue weighted by molar-refractivity contribution is -0.384. The standard InChI is InChI=1S/C18H22N4O2/c1-14-13-21(10-9-19-14)16-7-8-18(22(23)24)17(11-16)20-12-15-5-3-2-4-6-15/h2-8,11,14,19-20H,9-10,12-13H2,1H3/t14-/m1/s1. The van der Waals surface area contributed by atoms with E-state index < -0.39 is 0 Å². The molecule has 0 unspecified atom stereocenters. The molecule has 1 aliphatic rings. The average molecular weight is 326 g/mol. The Labute approximate surface area is 141 Å². The van der Waals surface area contributed by atoms with Crippen molar-refractivity contribution in [2.24, 2.45) is 0 Å². The van der Waals surface area contributed by atoms with Gasteiger partial charge in [-0.15, -0.1) is 0 Å². The summed E-state index contributed by atoms with van der Waals surface area (Å²) in [4.78, 5) is 13.2. The number of nitro benzene ring substituents is 1. The molecule has 2 N–H and O–H groups in total. The minimum atomic E-state index is -0.336. The fourth-order valence-corrected chi connectivity index (χ4v) is 2.98. The van der Waals surface area contributed by atoms with Crippen molar-refractivity contribution in [3.8, 4) is 0 Å². The molecule has 6 heteroatoms. The second-order valence-corrected chi connectivity index (χ2v) is 6.10. The fraction of sp³-hybridized carbons (Fsp3) is 0.333. The molecule has 24 heavy (non-hydrogen) atoms. The van der Waals surface area contributed by atoms with Gasteiger partial charge in [0, 0.05) is 44.0 Å². The van der Waals surface area contributed by atoms with Gasteiger partial charge in [0.1, 0.15) is 5.69 Å². The third-order valence-corrected chi connectivity index (χ3v) is 4.24. The Bertz CT molecular complexity index is 705. The molecule has 1 fully saturated rings. The van der Waals surface area contributed by atoms with E-state index in [-0.39, 0.29) is 10.6 Å². The molecule has 1 heterocycles. The van der Waals surface area contributed by atoms with Gasteiger partial charge in [-0.2, -0.15) is 0 Å². The van der Waals surface area contributed by atoms with E-state index >= 15 is 0 Å². The van der Waals surface area contributed by atoms with Gasteiger partial charge in [-0.3, -0.25) is 10.1 Å². The lowest BCUT2D eigenvalue weighted by Crippen LogP contribution is -2.49. The van der Waals surface area contributed by atoms with Crippen LogP contribution in [0.4, 0.5) is 17.1 Å². The number of rotatable bonds is 5. The molecule has 0 saturated carbocycles. The number of nitrogens with one attached hydrogen (secondary N) is 2. The van der Waals surface area contributed by atoms with Crippen LogP contribution in [0.3, 0.4) is 0 Å². The molecular weight excluding hydrogens is 304 g/mol. The van der Waals surface area contributed by atoms with Crippen LogP contribution in [0.15, 0.2) is 48.5 Å². The summed E-state index contributed by atoms with van der Waals surface area (Å²) in [5.41, 5.74) is 2.78. The van der Waals surface area contributed by atoms with Crippen molar-refractivity contribution >= 4 is 17.1 Å². The van der Waals surface area contributed by atoms with Gasteiger partial charge in [0.2, 0.25) is 0 Å². The molecule has 3 rings (SSSR count). The first-order valence-corrected chi connectivity index (χ1v) is 8.18. The third-order valence-electron chi connectivity index (χ3n) is 4.24. The van der Waals surface area contributed by atoms with Crippen molar-refractivity contribution in [1.29, 1.82) is 0 Å². The van der Waals surface area contributed by atoms with Crippen LogP contribution in [-0.4, -0.2) is 30.6 Å². The topological polar surface area (TPSA) is 70.4 Å². The number of hydrogen-bond acceptors (Lipinski definition) is 5. The molecular formula is C18H22N4O2. The molecule has 1 atom stereocenters. The van der Waals surface area contributed by atoms with Crippen LogP contribution in [0, 0.1) is 10.1 Å². The van der Waals surface area contributed by atoms with E-state index in [0.29, 0.717) is 18.3 Å². The first kappa shape index (κ1) is 16.3. The van der Waals surface area contributed by atoms with Gasteiger partial charge < -0.3 is 15.5 Å². The van der Waals surface area contributed by atoms with Gasteiger partial charge in [0.15, 0.2) is 0 Å². The van der Waals surface area contributed by atoms with Crippen molar-refractivity contribution in [3.05, 3.63) is 64.2 Å². The van der Waals surface area contributed by atoms with Gasteiger partial charge >= 0.3 is 0 Å². The summed E-state index contributed by atoms with van der Waals surface area (Å²) in [5, 5.41) is 17.9. The van der Waals surface area contributed by atoms with Crippen LogP contribution in [0.25, 0.3) is 0 Å². The summed E-state index contributed by atoms with van der Waals surface area (Å²) in [7, 11) is 0. The number of hydrogen-bond donors (Lipinski definition) is 2. The van der Waals surface area contributed by atoms with E-state index in [1.165, 1.54) is 0 Å². The number of nitro groups is 1. The molecule has 0 aromatic heterocycles. The minimum Gasteiger partial charge on any atom is -0.375 e. The highest BCUT2D eigenvalue weighted by molar-refractivity contribution is 5.69. The van der Waals surface area contributed by atoms with Crippen LogP contribution >= 0.6 is 0 Å². The van der Waals surface area contributed by atoms with E-state index in [4.69, 9.17) is 0 Å². The Morgan fingerprint density at radius 1 is 1.29 bits per heavy atom. The first-order chi connectivity index (χ1) is 11.6. The van der Waals surface area contributed by atoms with E-state index in [9.17, 15) is 10.1 Å². The molecule has 126 valence electrons. The van der Waals surface area contributed by atoms with E-state index in [0.717, 1.165) is 30.9 Å². The molecule has 0 radical (unpaired) electrons. The van der Waals surface area contributed by atoms with E-state index in [2.05, 4.69) is 22.5 Å². The van der Waals surface area contributed by atoms with Crippen molar-refractivity contribution in [2.75, 3.05) is 29.9 Å². The zero-order valence-electron chi connectivity index (χ0n) is 13.7. The predicted octanol–water partition coefficient (Wildman–Crippen LogP) is 3.01. The smallest absolute Gasteiger partial charge is 0.292 e. The molecule has 1 saturated heterocycles. The summed E-state index contributed by atoms with van der Waals surface area (Å²) >= 11 is 0. The molecule has 1 aliphatic heterocycles. The fourth-order valence-electron chi connectivity index (χ4n) is 2.98. The van der Waals surface area contributed by atoms with Crippen LogP contribution in [0.5, 0.6) is 0 Å². The summed E-state index contributed by atoms with van der Waals surface area (Å²) in [6.07, 6.45) is 0. The van der Waals surface area contributed by atoms with Crippen LogP contribution in [-0.2, 0) is 6.54 Å². The molecule has 0 aliphatic carbocycles. The van der Waals surface area contributed by atoms with Gasteiger partial charge in [-0.1, -0.05) is 30.3 Å². The maximum atomic E-state index is 11.3. The largest absolute Gasteiger partial charge is 0.375 e. The zero-order valence-corrected chi connectivity index (χ0v) is 13.7. The summed E-state index contributed by atoms with van der Waals surface area (Å²) < 4.78 is 0. The molecule has 2 aromatic rings. The van der Waals surface area contributed by atoms with Crippen molar-refractivity contribution in [3.63, 3.8) is 0 Å². The maximum absolute atomic E-state index is 11.3. The first-order valence-electron chi connectivity index (χ1n) is 8.18. The lowest BCUT2D eigenvalue weighted by Gasteiger charge is -2.33. The Morgan fingerprint density at radius 2 is 2.08 bits per heavy atom. The number of benzene rings is 2. The molecule has 6 nitrogen and oxygen atoms in total. The highest BCUT2D eigenvalue weighted by Gasteiger charge is 2.20. The summed E-state index contributed by atoms with van der Waals surface area (Å²) in [6.45, 7) is 5.43. The SMILES string of the molecule is C[C@@H]1CN(c2ccc([N+](=O)[O-])c(NCc3ccccc3)c2)CCN1. The number of piperazine rings is 1. The quantitative estimate of drug-likeness (QED) is 0.653. The highest BCUT2D eigenvalue weighted by Crippen LogP contribution is 2.30. The monoisotopic (exact) mass is 326 g/mol. The Hall–Kier alpha value is -2.60. The Morgan fingerprint density at radius 3 is 2.79 bits per heavy atom. The van der Waals surface area contributed by atoms with Crippen molar-refractivity contribution < 1.29 is 4.92 Å². The van der Waals surface area contributed by atoms with Crippen LogP contribution in [0.2, 0.25) is 0 Å². The third kappa shape index (κ3) is 3.83. The van der Waals surface area contributed by atoms with Crippen LogP contribution in [0.1, 0.15) is 12.5 Å². The highest BCUT2D eigenvalue weighted by atomic mass is 16.6. The predicted molar refractivity (Wildman–Crippen MR) is 96.5 cm³/mol. The van der Waals surface area contributed by atoms with E-state index in [1.54, 1.807) is 6.07 Å². The molecule has 0 amide bonds.